The molecule has 0 N–H and O–H groups in total. The van der Waals surface area contributed by atoms with Gasteiger partial charge in [-0.2, -0.15) is 4.31 Å². The lowest BCUT2D eigenvalue weighted by Crippen LogP contribution is -2.35. The lowest BCUT2D eigenvalue weighted by atomic mass is 10.2. The molecule has 0 aliphatic carbocycles. The Morgan fingerprint density at radius 3 is 2.52 bits per heavy atom. The summed E-state index contributed by atoms with van der Waals surface area (Å²) in [6, 6.07) is 5.18. The minimum Gasteiger partial charge on any atom is -0.341 e. The molecule has 2 aliphatic rings. The number of sulfonamides is 1. The Morgan fingerprint density at radius 1 is 0.968 bits per heavy atom. The minimum absolute atomic E-state index is 0.163. The molecule has 0 radical (unpaired) electrons. The minimum atomic E-state index is -3.49. The molecule has 0 saturated carbocycles. The van der Waals surface area contributed by atoms with Crippen LogP contribution in [0.2, 0.25) is 0 Å². The molecule has 0 bridgehead atoms. The van der Waals surface area contributed by atoms with Crippen LogP contribution in [-0.4, -0.2) is 84.3 Å². The van der Waals surface area contributed by atoms with Gasteiger partial charge in [-0.25, -0.2) is 13.4 Å². The lowest BCUT2D eigenvalue weighted by Gasteiger charge is -2.25. The zero-order valence-electron chi connectivity index (χ0n) is 18.6. The average molecular weight is 448 g/mol. The normalized spacial score (nSPS) is 19.6. The first-order chi connectivity index (χ1) is 14.9. The van der Waals surface area contributed by atoms with Crippen molar-refractivity contribution >= 4 is 27.0 Å². The van der Waals surface area contributed by atoms with Gasteiger partial charge in [0.05, 0.1) is 15.9 Å². The molecule has 2 aliphatic heterocycles. The summed E-state index contributed by atoms with van der Waals surface area (Å²) >= 11 is 0. The number of aryl methyl sites for hydroxylation is 2. The van der Waals surface area contributed by atoms with E-state index in [1.54, 1.807) is 16.4 Å². The Morgan fingerprint density at radius 2 is 1.74 bits per heavy atom. The van der Waals surface area contributed by atoms with Crippen LogP contribution in [0.1, 0.15) is 37.9 Å². The van der Waals surface area contributed by atoms with Gasteiger partial charge in [0.2, 0.25) is 15.9 Å². The maximum Gasteiger partial charge on any atom is 0.243 e. The van der Waals surface area contributed by atoms with Crippen LogP contribution < -0.4 is 0 Å². The second-order valence-corrected chi connectivity index (χ2v) is 10.7. The van der Waals surface area contributed by atoms with Crippen LogP contribution in [-0.2, 0) is 28.3 Å². The van der Waals surface area contributed by atoms with E-state index in [1.807, 2.05) is 22.6 Å². The summed E-state index contributed by atoms with van der Waals surface area (Å²) in [4.78, 5) is 21.9. The molecule has 1 aromatic carbocycles. The number of benzene rings is 1. The highest BCUT2D eigenvalue weighted by molar-refractivity contribution is 7.89. The van der Waals surface area contributed by atoms with Gasteiger partial charge >= 0.3 is 0 Å². The molecular weight excluding hydrogens is 414 g/mol. The number of carbonyl (C=O) groups excluding carboxylic acids is 1. The summed E-state index contributed by atoms with van der Waals surface area (Å²) in [5.41, 5.74) is 1.55. The molecule has 9 heteroatoms. The largest absolute Gasteiger partial charge is 0.341 e. The molecule has 2 aromatic rings. The summed E-state index contributed by atoms with van der Waals surface area (Å²) in [5, 5.41) is 0. The summed E-state index contributed by atoms with van der Waals surface area (Å²) in [6.07, 6.45) is 4.88. The Kier molecular flexibility index (Phi) is 6.64. The third kappa shape index (κ3) is 4.78. The Balaban J connectivity index is 1.48. The van der Waals surface area contributed by atoms with Gasteiger partial charge in [-0.1, -0.05) is 6.42 Å². The highest BCUT2D eigenvalue weighted by Gasteiger charge is 2.26. The smallest absolute Gasteiger partial charge is 0.243 e. The van der Waals surface area contributed by atoms with Gasteiger partial charge in [0.1, 0.15) is 5.82 Å². The van der Waals surface area contributed by atoms with Gasteiger partial charge < -0.3 is 14.4 Å². The number of nitrogens with zero attached hydrogens (tertiary/aromatic N) is 5. The van der Waals surface area contributed by atoms with E-state index in [0.29, 0.717) is 36.3 Å². The van der Waals surface area contributed by atoms with Crippen molar-refractivity contribution in [3.63, 3.8) is 0 Å². The van der Waals surface area contributed by atoms with Crippen LogP contribution in [0, 0.1) is 0 Å². The fourth-order valence-electron chi connectivity index (χ4n) is 4.54. The zero-order chi connectivity index (χ0) is 22.0. The van der Waals surface area contributed by atoms with Crippen LogP contribution in [0.3, 0.4) is 0 Å². The summed E-state index contributed by atoms with van der Waals surface area (Å²) in [6.45, 7) is 4.69. The van der Waals surface area contributed by atoms with Crippen molar-refractivity contribution in [2.24, 2.45) is 7.05 Å². The van der Waals surface area contributed by atoms with Crippen LogP contribution >= 0.6 is 0 Å². The van der Waals surface area contributed by atoms with E-state index in [4.69, 9.17) is 0 Å². The molecule has 2 fully saturated rings. The van der Waals surface area contributed by atoms with Gasteiger partial charge in [0.15, 0.2) is 0 Å². The van der Waals surface area contributed by atoms with Crippen molar-refractivity contribution in [2.45, 2.75) is 43.4 Å². The number of piperidine rings is 1. The van der Waals surface area contributed by atoms with E-state index in [0.717, 1.165) is 63.2 Å². The Hall–Kier alpha value is -1.97. The first kappa shape index (κ1) is 22.2. The topological polar surface area (TPSA) is 78.8 Å². The van der Waals surface area contributed by atoms with Crippen LogP contribution in [0.4, 0.5) is 0 Å². The molecule has 1 amide bonds. The average Bonchev–Trinajstić information content (AvgIpc) is 2.93. The maximum atomic E-state index is 13.0. The van der Waals surface area contributed by atoms with E-state index in [-0.39, 0.29) is 5.91 Å². The van der Waals surface area contributed by atoms with Crippen LogP contribution in [0.15, 0.2) is 23.1 Å². The second kappa shape index (κ2) is 9.26. The van der Waals surface area contributed by atoms with Crippen molar-refractivity contribution in [1.29, 1.82) is 0 Å². The molecular formula is C22H33N5O3S. The first-order valence-corrected chi connectivity index (χ1v) is 12.7. The van der Waals surface area contributed by atoms with Crippen molar-refractivity contribution < 1.29 is 13.2 Å². The number of imidazole rings is 1. The van der Waals surface area contributed by atoms with Gasteiger partial charge in [-0.3, -0.25) is 4.79 Å². The SMILES string of the molecule is CN1CCCN(C(=O)CCc2nc3cc(S(=O)(=O)N4CCCCC4)ccc3n2C)CC1. The van der Waals surface area contributed by atoms with Crippen molar-refractivity contribution in [3.05, 3.63) is 24.0 Å². The van der Waals surface area contributed by atoms with E-state index in [1.165, 1.54) is 0 Å². The number of likely N-dealkylation sites (N-methyl/N-ethyl adjacent to an activating group) is 1. The quantitative estimate of drug-likeness (QED) is 0.699. The molecule has 4 rings (SSSR count). The fraction of sp³-hybridized carbons (Fsp3) is 0.636. The Labute approximate surface area is 184 Å². The number of aromatic nitrogens is 2. The first-order valence-electron chi connectivity index (χ1n) is 11.3. The number of hydrogen-bond acceptors (Lipinski definition) is 5. The predicted octanol–water partition coefficient (Wildman–Crippen LogP) is 1.84. The summed E-state index contributed by atoms with van der Waals surface area (Å²) in [7, 11) is 0.530. The second-order valence-electron chi connectivity index (χ2n) is 8.74. The predicted molar refractivity (Wildman–Crippen MR) is 120 cm³/mol. The van der Waals surface area contributed by atoms with Gasteiger partial charge in [-0.15, -0.1) is 0 Å². The highest BCUT2D eigenvalue weighted by Crippen LogP contribution is 2.25. The maximum absolute atomic E-state index is 13.0. The molecule has 3 heterocycles. The van der Waals surface area contributed by atoms with E-state index >= 15 is 0 Å². The molecule has 0 spiro atoms. The van der Waals surface area contributed by atoms with Crippen LogP contribution in [0.5, 0.6) is 0 Å². The van der Waals surface area contributed by atoms with Crippen molar-refractivity contribution in [1.82, 2.24) is 23.7 Å². The molecule has 2 saturated heterocycles. The van der Waals surface area contributed by atoms with Crippen molar-refractivity contribution in [2.75, 3.05) is 46.3 Å². The van der Waals surface area contributed by atoms with Gasteiger partial charge in [0, 0.05) is 52.6 Å². The molecule has 0 unspecified atom stereocenters. The van der Waals surface area contributed by atoms with Gasteiger partial charge in [0.25, 0.3) is 0 Å². The standard InChI is InChI=1S/C22H33N5O3S/c1-24-11-6-12-26(16-15-24)22(28)10-9-21-23-19-17-18(7-8-20(19)25(21)2)31(29,30)27-13-4-3-5-14-27/h7-8,17H,3-6,9-16H2,1-2H3. The van der Waals surface area contributed by atoms with E-state index in [9.17, 15) is 13.2 Å². The molecule has 1 aromatic heterocycles. The third-order valence-corrected chi connectivity index (χ3v) is 8.43. The molecule has 8 nitrogen and oxygen atoms in total. The van der Waals surface area contributed by atoms with E-state index in [2.05, 4.69) is 16.9 Å². The number of rotatable bonds is 5. The Bertz CT molecular complexity index is 1040. The monoisotopic (exact) mass is 447 g/mol. The third-order valence-electron chi connectivity index (χ3n) is 6.53. The molecule has 170 valence electrons. The summed E-state index contributed by atoms with van der Waals surface area (Å²) in [5.74, 6) is 0.971. The molecule has 31 heavy (non-hydrogen) atoms. The fourth-order valence-corrected chi connectivity index (χ4v) is 6.08. The number of fused-ring (bicyclic) bond motifs is 1. The number of carbonyl (C=O) groups is 1. The highest BCUT2D eigenvalue weighted by atomic mass is 32.2. The zero-order valence-corrected chi connectivity index (χ0v) is 19.4. The molecule has 0 atom stereocenters. The van der Waals surface area contributed by atoms with Crippen molar-refractivity contribution in [3.8, 4) is 0 Å². The summed E-state index contributed by atoms with van der Waals surface area (Å²) < 4.78 is 29.6. The number of amides is 1. The van der Waals surface area contributed by atoms with Crippen LogP contribution in [0.25, 0.3) is 11.0 Å². The number of hydrogen-bond donors (Lipinski definition) is 0. The van der Waals surface area contributed by atoms with E-state index < -0.39 is 10.0 Å². The lowest BCUT2D eigenvalue weighted by molar-refractivity contribution is -0.131. The van der Waals surface area contributed by atoms with Gasteiger partial charge in [-0.05, 0) is 51.1 Å².